The molecule has 0 aromatic carbocycles. The summed E-state index contributed by atoms with van der Waals surface area (Å²) in [7, 11) is 1.86. The lowest BCUT2D eigenvalue weighted by Crippen LogP contribution is -2.21. The largest absolute Gasteiger partial charge is 0.309 e. The van der Waals surface area contributed by atoms with Crippen LogP contribution in [0.15, 0.2) is 35.4 Å². The van der Waals surface area contributed by atoms with Crippen molar-refractivity contribution in [1.29, 1.82) is 0 Å². The Hall–Kier alpha value is -1.84. The van der Waals surface area contributed by atoms with E-state index in [2.05, 4.69) is 5.10 Å². The second-order valence-electron chi connectivity index (χ2n) is 3.60. The van der Waals surface area contributed by atoms with Gasteiger partial charge in [-0.15, -0.1) is 0 Å². The molecule has 0 amide bonds. The number of hydrogen-bond donors (Lipinski definition) is 0. The third-order valence-electron chi connectivity index (χ3n) is 2.31. The van der Waals surface area contributed by atoms with Crippen LogP contribution in [0.25, 0.3) is 0 Å². The standard InChI is InChI=1S/C11H13N3O/c1-9-4-3-6-14(11(9)15)8-10-5-7-13(2)12-10/h3-7H,8H2,1-2H3. The highest BCUT2D eigenvalue weighted by atomic mass is 16.1. The van der Waals surface area contributed by atoms with Crippen LogP contribution >= 0.6 is 0 Å². The molecule has 2 heterocycles. The van der Waals surface area contributed by atoms with E-state index in [1.807, 2.05) is 38.4 Å². The molecule has 15 heavy (non-hydrogen) atoms. The minimum absolute atomic E-state index is 0.0446. The van der Waals surface area contributed by atoms with E-state index in [0.717, 1.165) is 11.3 Å². The maximum atomic E-state index is 11.7. The first-order chi connectivity index (χ1) is 7.16. The van der Waals surface area contributed by atoms with Crippen molar-refractivity contribution in [3.05, 3.63) is 52.2 Å². The zero-order valence-electron chi connectivity index (χ0n) is 8.84. The summed E-state index contributed by atoms with van der Waals surface area (Å²) in [4.78, 5) is 11.7. The maximum absolute atomic E-state index is 11.7. The lowest BCUT2D eigenvalue weighted by molar-refractivity contribution is 0.689. The molecule has 0 unspecified atom stereocenters. The van der Waals surface area contributed by atoms with Gasteiger partial charge >= 0.3 is 0 Å². The molecule has 2 aromatic heterocycles. The van der Waals surface area contributed by atoms with Gasteiger partial charge in [0, 0.05) is 25.0 Å². The van der Waals surface area contributed by atoms with Crippen LogP contribution in [-0.2, 0) is 13.6 Å². The Morgan fingerprint density at radius 1 is 1.33 bits per heavy atom. The van der Waals surface area contributed by atoms with Crippen molar-refractivity contribution in [2.45, 2.75) is 13.5 Å². The highest BCUT2D eigenvalue weighted by Crippen LogP contribution is 1.97. The number of rotatable bonds is 2. The van der Waals surface area contributed by atoms with E-state index in [-0.39, 0.29) is 5.56 Å². The number of hydrogen-bond acceptors (Lipinski definition) is 2. The molecule has 2 aromatic rings. The Bertz CT molecular complexity index is 525. The van der Waals surface area contributed by atoms with Gasteiger partial charge in [0.2, 0.25) is 0 Å². The minimum Gasteiger partial charge on any atom is -0.309 e. The summed E-state index contributed by atoms with van der Waals surface area (Å²) in [5.74, 6) is 0. The van der Waals surface area contributed by atoms with Crippen LogP contribution in [0.3, 0.4) is 0 Å². The van der Waals surface area contributed by atoms with Crippen molar-refractivity contribution in [2.75, 3.05) is 0 Å². The first-order valence-corrected chi connectivity index (χ1v) is 4.81. The third-order valence-corrected chi connectivity index (χ3v) is 2.31. The predicted molar refractivity (Wildman–Crippen MR) is 57.7 cm³/mol. The van der Waals surface area contributed by atoms with Crippen LogP contribution in [0.4, 0.5) is 0 Å². The SMILES string of the molecule is Cc1cccn(Cc2ccn(C)n2)c1=O. The van der Waals surface area contributed by atoms with Crippen LogP contribution in [0.2, 0.25) is 0 Å². The lowest BCUT2D eigenvalue weighted by atomic mass is 10.3. The molecule has 0 radical (unpaired) electrons. The second kappa shape index (κ2) is 3.73. The Labute approximate surface area is 87.8 Å². The summed E-state index contributed by atoms with van der Waals surface area (Å²) in [5, 5.41) is 4.23. The molecule has 0 atom stereocenters. The number of pyridine rings is 1. The van der Waals surface area contributed by atoms with E-state index < -0.39 is 0 Å². The molecule has 4 heteroatoms. The van der Waals surface area contributed by atoms with Gasteiger partial charge in [-0.25, -0.2) is 0 Å². The predicted octanol–water partition coefficient (Wildman–Crippen LogP) is 0.939. The zero-order chi connectivity index (χ0) is 10.8. The summed E-state index contributed by atoms with van der Waals surface area (Å²) < 4.78 is 3.40. The van der Waals surface area contributed by atoms with E-state index in [0.29, 0.717) is 6.54 Å². The van der Waals surface area contributed by atoms with Crippen molar-refractivity contribution in [2.24, 2.45) is 7.05 Å². The Balaban J connectivity index is 2.32. The van der Waals surface area contributed by atoms with Crippen LogP contribution in [0, 0.1) is 6.92 Å². The molecule has 0 saturated carbocycles. The molecule has 4 nitrogen and oxygen atoms in total. The molecule has 0 N–H and O–H groups in total. The highest BCUT2D eigenvalue weighted by Gasteiger charge is 2.01. The molecule has 0 aliphatic heterocycles. The summed E-state index contributed by atoms with van der Waals surface area (Å²) in [6.07, 6.45) is 3.65. The number of nitrogens with zero attached hydrogens (tertiary/aromatic N) is 3. The van der Waals surface area contributed by atoms with Crippen molar-refractivity contribution in [3.8, 4) is 0 Å². The van der Waals surface area contributed by atoms with Crippen molar-refractivity contribution in [3.63, 3.8) is 0 Å². The molecule has 0 spiro atoms. The second-order valence-corrected chi connectivity index (χ2v) is 3.60. The van der Waals surface area contributed by atoms with Gasteiger partial charge in [-0.1, -0.05) is 6.07 Å². The Morgan fingerprint density at radius 2 is 2.13 bits per heavy atom. The van der Waals surface area contributed by atoms with Gasteiger partial charge in [0.05, 0.1) is 12.2 Å². The van der Waals surface area contributed by atoms with E-state index in [1.54, 1.807) is 15.4 Å². The molecule has 0 aliphatic rings. The fourth-order valence-corrected chi connectivity index (χ4v) is 1.50. The molecular weight excluding hydrogens is 190 g/mol. The summed E-state index contributed by atoms with van der Waals surface area (Å²) in [5.41, 5.74) is 1.70. The summed E-state index contributed by atoms with van der Waals surface area (Å²) in [6.45, 7) is 2.35. The van der Waals surface area contributed by atoms with Crippen molar-refractivity contribution >= 4 is 0 Å². The van der Waals surface area contributed by atoms with Gasteiger partial charge in [0.15, 0.2) is 0 Å². The summed E-state index contributed by atoms with van der Waals surface area (Å²) in [6, 6.07) is 5.60. The average Bonchev–Trinajstić information content (AvgIpc) is 2.59. The average molecular weight is 203 g/mol. The van der Waals surface area contributed by atoms with E-state index in [9.17, 15) is 4.79 Å². The molecule has 2 rings (SSSR count). The molecular formula is C11H13N3O. The summed E-state index contributed by atoms with van der Waals surface area (Å²) >= 11 is 0. The number of aryl methyl sites for hydroxylation is 2. The quantitative estimate of drug-likeness (QED) is 0.728. The molecule has 0 bridgehead atoms. The Kier molecular flexibility index (Phi) is 2.41. The fourth-order valence-electron chi connectivity index (χ4n) is 1.50. The van der Waals surface area contributed by atoms with Crippen molar-refractivity contribution in [1.82, 2.24) is 14.3 Å². The monoisotopic (exact) mass is 203 g/mol. The van der Waals surface area contributed by atoms with Crippen LogP contribution in [0.5, 0.6) is 0 Å². The lowest BCUT2D eigenvalue weighted by Gasteiger charge is -2.03. The molecule has 0 aliphatic carbocycles. The van der Waals surface area contributed by atoms with Gasteiger partial charge in [0.25, 0.3) is 5.56 Å². The Morgan fingerprint density at radius 3 is 2.80 bits per heavy atom. The highest BCUT2D eigenvalue weighted by molar-refractivity contribution is 5.09. The zero-order valence-corrected chi connectivity index (χ0v) is 8.84. The van der Waals surface area contributed by atoms with Gasteiger partial charge in [0.1, 0.15) is 0 Å². The van der Waals surface area contributed by atoms with Gasteiger partial charge in [-0.05, 0) is 19.1 Å². The first-order valence-electron chi connectivity index (χ1n) is 4.81. The van der Waals surface area contributed by atoms with Gasteiger partial charge in [-0.2, -0.15) is 5.10 Å². The van der Waals surface area contributed by atoms with E-state index in [4.69, 9.17) is 0 Å². The third kappa shape index (κ3) is 1.98. The van der Waals surface area contributed by atoms with Crippen LogP contribution in [0.1, 0.15) is 11.3 Å². The smallest absolute Gasteiger partial charge is 0.253 e. The number of aromatic nitrogens is 3. The minimum atomic E-state index is 0.0446. The van der Waals surface area contributed by atoms with Crippen LogP contribution in [-0.4, -0.2) is 14.3 Å². The van der Waals surface area contributed by atoms with E-state index in [1.165, 1.54) is 0 Å². The topological polar surface area (TPSA) is 39.8 Å². The first kappa shape index (κ1) is 9.71. The van der Waals surface area contributed by atoms with Gasteiger partial charge < -0.3 is 4.57 Å². The molecule has 78 valence electrons. The fraction of sp³-hybridized carbons (Fsp3) is 0.273. The maximum Gasteiger partial charge on any atom is 0.253 e. The molecule has 0 saturated heterocycles. The normalized spacial score (nSPS) is 10.5. The molecule has 0 fully saturated rings. The van der Waals surface area contributed by atoms with Crippen molar-refractivity contribution < 1.29 is 0 Å². The van der Waals surface area contributed by atoms with Crippen LogP contribution < -0.4 is 5.56 Å². The van der Waals surface area contributed by atoms with E-state index >= 15 is 0 Å². The van der Waals surface area contributed by atoms with Gasteiger partial charge in [-0.3, -0.25) is 9.48 Å².